The summed E-state index contributed by atoms with van der Waals surface area (Å²) in [7, 11) is -3.41. The second-order valence-corrected chi connectivity index (χ2v) is 6.75. The maximum Gasteiger partial charge on any atom is 0.337 e. The van der Waals surface area contributed by atoms with Gasteiger partial charge in [0.25, 0.3) is 0 Å². The number of nitrogens with one attached hydrogen (secondary N) is 1. The van der Waals surface area contributed by atoms with Crippen molar-refractivity contribution in [3.8, 4) is 0 Å². The third kappa shape index (κ3) is 3.66. The van der Waals surface area contributed by atoms with Crippen molar-refractivity contribution >= 4 is 27.5 Å². The molecule has 0 aliphatic rings. The number of carboxylic acids is 1. The molecule has 1 aromatic rings. The predicted octanol–water partition coefficient (Wildman–Crippen LogP) is 0.252. The smallest absolute Gasteiger partial charge is 0.337 e. The van der Waals surface area contributed by atoms with Crippen LogP contribution in [-0.4, -0.2) is 43.0 Å². The van der Waals surface area contributed by atoms with Gasteiger partial charge in [-0.3, -0.25) is 9.59 Å². The number of carbonyl (C=O) groups is 3. The van der Waals surface area contributed by atoms with Gasteiger partial charge in [0.05, 0.1) is 4.90 Å². The lowest BCUT2D eigenvalue weighted by atomic mass is 9.91. The van der Waals surface area contributed by atoms with Crippen molar-refractivity contribution in [2.45, 2.75) is 24.3 Å². The Morgan fingerprint density at radius 1 is 1.14 bits per heavy atom. The minimum absolute atomic E-state index is 0.00982. The van der Waals surface area contributed by atoms with Crippen LogP contribution in [0.4, 0.5) is 0 Å². The van der Waals surface area contributed by atoms with Crippen LogP contribution < -0.4 is 5.32 Å². The van der Waals surface area contributed by atoms with Crippen molar-refractivity contribution in [1.29, 1.82) is 0 Å². The summed E-state index contributed by atoms with van der Waals surface area (Å²) < 4.78 is 22.7. The fourth-order valence-electron chi connectivity index (χ4n) is 1.70. The molecule has 0 saturated heterocycles. The summed E-state index contributed by atoms with van der Waals surface area (Å²) in [5.41, 5.74) is -2.13. The van der Waals surface area contributed by atoms with Gasteiger partial charge in [-0.2, -0.15) is 0 Å². The van der Waals surface area contributed by atoms with Crippen molar-refractivity contribution in [2.75, 3.05) is 6.26 Å². The molecule has 8 heteroatoms. The highest BCUT2D eigenvalue weighted by molar-refractivity contribution is 7.90. The lowest BCUT2D eigenvalue weighted by Gasteiger charge is -2.24. The van der Waals surface area contributed by atoms with Gasteiger partial charge in [-0.25, -0.2) is 13.2 Å². The number of Topliss-reactive ketones (excluding diaryl/α,β-unsaturated/α-hetero) is 1. The molecule has 0 aliphatic carbocycles. The van der Waals surface area contributed by atoms with Gasteiger partial charge < -0.3 is 10.4 Å². The van der Waals surface area contributed by atoms with Gasteiger partial charge in [-0.1, -0.05) is 12.1 Å². The molecule has 114 valence electrons. The molecule has 1 aromatic carbocycles. The van der Waals surface area contributed by atoms with Crippen LogP contribution in [-0.2, 0) is 19.4 Å². The number of ketones is 1. The second-order valence-electron chi connectivity index (χ2n) is 4.74. The van der Waals surface area contributed by atoms with E-state index in [-0.39, 0.29) is 10.5 Å². The highest BCUT2D eigenvalue weighted by Crippen LogP contribution is 2.17. The van der Waals surface area contributed by atoms with E-state index in [1.165, 1.54) is 24.3 Å². The summed E-state index contributed by atoms with van der Waals surface area (Å²) in [5, 5.41) is 11.3. The molecule has 0 heterocycles. The van der Waals surface area contributed by atoms with E-state index in [1.54, 1.807) is 0 Å². The van der Waals surface area contributed by atoms with Crippen LogP contribution in [0.2, 0.25) is 0 Å². The van der Waals surface area contributed by atoms with Gasteiger partial charge in [0.15, 0.2) is 21.2 Å². The molecular formula is C13H15NO6S. The summed E-state index contributed by atoms with van der Waals surface area (Å²) in [4.78, 5) is 34.6. The van der Waals surface area contributed by atoms with Gasteiger partial charge in [0.1, 0.15) is 0 Å². The number of carboxylic acid groups (broad SMARTS) is 1. The minimum Gasteiger partial charge on any atom is -0.479 e. The molecule has 0 aliphatic heterocycles. The molecule has 1 atom stereocenters. The quantitative estimate of drug-likeness (QED) is 0.594. The first-order valence-corrected chi connectivity index (χ1v) is 7.74. The highest BCUT2D eigenvalue weighted by atomic mass is 32.2. The van der Waals surface area contributed by atoms with Gasteiger partial charge >= 0.3 is 5.97 Å². The normalized spacial score (nSPS) is 14.0. The van der Waals surface area contributed by atoms with Crippen LogP contribution in [0.15, 0.2) is 29.2 Å². The zero-order valence-corrected chi connectivity index (χ0v) is 12.5. The van der Waals surface area contributed by atoms with E-state index < -0.39 is 33.0 Å². The third-order valence-electron chi connectivity index (χ3n) is 2.85. The van der Waals surface area contributed by atoms with Gasteiger partial charge in [-0.15, -0.1) is 0 Å². The van der Waals surface area contributed by atoms with Crippen molar-refractivity contribution in [2.24, 2.45) is 0 Å². The molecule has 0 fully saturated rings. The maximum atomic E-state index is 12.3. The molecular weight excluding hydrogens is 298 g/mol. The predicted molar refractivity (Wildman–Crippen MR) is 73.7 cm³/mol. The maximum absolute atomic E-state index is 12.3. The van der Waals surface area contributed by atoms with E-state index in [1.807, 2.05) is 0 Å². The Labute approximate surface area is 121 Å². The average Bonchev–Trinajstić information content (AvgIpc) is 2.35. The number of hydrogen-bond donors (Lipinski definition) is 2. The van der Waals surface area contributed by atoms with Crippen LogP contribution in [0.5, 0.6) is 0 Å². The topological polar surface area (TPSA) is 118 Å². The third-order valence-corrected chi connectivity index (χ3v) is 3.98. The van der Waals surface area contributed by atoms with E-state index in [2.05, 4.69) is 5.32 Å². The van der Waals surface area contributed by atoms with Crippen LogP contribution in [0.3, 0.4) is 0 Å². The van der Waals surface area contributed by atoms with Crippen molar-refractivity contribution < 1.29 is 27.9 Å². The Balaban J connectivity index is 3.22. The Kier molecular flexibility index (Phi) is 4.52. The molecule has 0 spiro atoms. The second kappa shape index (κ2) is 5.65. The molecule has 0 aromatic heterocycles. The molecule has 1 rings (SSSR count). The lowest BCUT2D eigenvalue weighted by molar-refractivity contribution is -0.144. The van der Waals surface area contributed by atoms with Crippen LogP contribution in [0.1, 0.15) is 24.2 Å². The number of aliphatic carboxylic acids is 1. The standard InChI is InChI=1S/C13H15NO6S/c1-8(15)14-13(2,12(17)18)11(16)9-4-6-10(7-5-9)21(3,19)20/h4-7H,1-3H3,(H,14,15)(H,17,18). The first-order valence-electron chi connectivity index (χ1n) is 5.85. The Bertz CT molecular complexity index is 692. The van der Waals surface area contributed by atoms with E-state index >= 15 is 0 Å². The zero-order valence-electron chi connectivity index (χ0n) is 11.7. The SMILES string of the molecule is CC(=O)NC(C)(C(=O)O)C(=O)c1ccc(S(C)(=O)=O)cc1. The monoisotopic (exact) mass is 313 g/mol. The molecule has 1 unspecified atom stereocenters. The van der Waals surface area contributed by atoms with Gasteiger partial charge in [-0.05, 0) is 19.1 Å². The molecule has 0 bridgehead atoms. The molecule has 7 nitrogen and oxygen atoms in total. The number of rotatable bonds is 5. The number of carbonyl (C=O) groups excluding carboxylic acids is 2. The summed E-state index contributed by atoms with van der Waals surface area (Å²) in [6.45, 7) is 2.17. The van der Waals surface area contributed by atoms with Crippen molar-refractivity contribution in [3.05, 3.63) is 29.8 Å². The fraction of sp³-hybridized carbons (Fsp3) is 0.308. The summed E-state index contributed by atoms with van der Waals surface area (Å²) in [6.07, 6.45) is 1.02. The van der Waals surface area contributed by atoms with Crippen LogP contribution in [0.25, 0.3) is 0 Å². The Morgan fingerprint density at radius 2 is 1.62 bits per heavy atom. The number of hydrogen-bond acceptors (Lipinski definition) is 5. The average molecular weight is 313 g/mol. The number of amides is 1. The van der Waals surface area contributed by atoms with E-state index in [0.717, 1.165) is 20.1 Å². The number of sulfone groups is 1. The van der Waals surface area contributed by atoms with E-state index in [0.29, 0.717) is 0 Å². The molecule has 0 radical (unpaired) electrons. The molecule has 21 heavy (non-hydrogen) atoms. The number of benzene rings is 1. The first kappa shape index (κ1) is 16.8. The fourth-order valence-corrected chi connectivity index (χ4v) is 2.33. The summed E-state index contributed by atoms with van der Waals surface area (Å²) in [6, 6.07) is 4.83. The van der Waals surface area contributed by atoms with Gasteiger partial charge in [0, 0.05) is 18.7 Å². The van der Waals surface area contributed by atoms with Crippen molar-refractivity contribution in [1.82, 2.24) is 5.32 Å². The van der Waals surface area contributed by atoms with Gasteiger partial charge in [0.2, 0.25) is 5.91 Å². The zero-order chi connectivity index (χ0) is 16.4. The molecule has 1 amide bonds. The Morgan fingerprint density at radius 3 is 1.95 bits per heavy atom. The van der Waals surface area contributed by atoms with E-state index in [9.17, 15) is 22.8 Å². The highest BCUT2D eigenvalue weighted by Gasteiger charge is 2.42. The van der Waals surface area contributed by atoms with Crippen LogP contribution in [0, 0.1) is 0 Å². The Hall–Kier alpha value is -2.22. The molecule has 2 N–H and O–H groups in total. The summed E-state index contributed by atoms with van der Waals surface area (Å²) >= 11 is 0. The lowest BCUT2D eigenvalue weighted by Crippen LogP contribution is -2.57. The first-order chi connectivity index (χ1) is 9.48. The van der Waals surface area contributed by atoms with Crippen LogP contribution >= 0.6 is 0 Å². The minimum atomic E-state index is -3.41. The van der Waals surface area contributed by atoms with E-state index in [4.69, 9.17) is 5.11 Å². The molecule has 0 saturated carbocycles. The van der Waals surface area contributed by atoms with Crippen molar-refractivity contribution in [3.63, 3.8) is 0 Å². The summed E-state index contributed by atoms with van der Waals surface area (Å²) in [5.74, 6) is -3.01. The largest absolute Gasteiger partial charge is 0.479 e.